The second-order valence-electron chi connectivity index (χ2n) is 6.39. The van der Waals surface area contributed by atoms with Crippen molar-refractivity contribution in [1.29, 1.82) is 0 Å². The van der Waals surface area contributed by atoms with E-state index >= 15 is 0 Å². The number of piperidine rings is 1. The van der Waals surface area contributed by atoms with Gasteiger partial charge in [0.2, 0.25) is 0 Å². The van der Waals surface area contributed by atoms with Crippen LogP contribution in [0.25, 0.3) is 0 Å². The Morgan fingerprint density at radius 2 is 1.89 bits per heavy atom. The number of hydroxylamine groups is 2. The number of rotatable bonds is 4. The number of carbonyl (C=O) groups excluding carboxylic acids is 2. The summed E-state index contributed by atoms with van der Waals surface area (Å²) in [5, 5.41) is 1.73. The first-order valence-corrected chi connectivity index (χ1v) is 6.79. The molecule has 108 valence electrons. The van der Waals surface area contributed by atoms with E-state index in [1.165, 1.54) is 0 Å². The summed E-state index contributed by atoms with van der Waals surface area (Å²) in [7, 11) is 0. The molecule has 1 heterocycles. The van der Waals surface area contributed by atoms with Crippen molar-refractivity contribution < 1.29 is 14.4 Å². The molecule has 1 atom stereocenters. The van der Waals surface area contributed by atoms with E-state index in [9.17, 15) is 9.59 Å². The molecule has 1 aliphatic rings. The average molecular weight is 267 g/mol. The van der Waals surface area contributed by atoms with Crippen molar-refractivity contribution in [3.05, 3.63) is 12.7 Å². The van der Waals surface area contributed by atoms with Gasteiger partial charge in [0.05, 0.1) is 5.54 Å². The summed E-state index contributed by atoms with van der Waals surface area (Å²) in [6, 6.07) is 0. The SMILES string of the molecule is C=CC(=O)C(C)C(=O)ON1CCCC(C)(C)C1(C)C. The minimum absolute atomic E-state index is 0.0528. The lowest BCUT2D eigenvalue weighted by molar-refractivity contribution is -0.249. The zero-order valence-electron chi connectivity index (χ0n) is 12.7. The van der Waals surface area contributed by atoms with E-state index < -0.39 is 11.9 Å². The third kappa shape index (κ3) is 3.06. The fourth-order valence-corrected chi connectivity index (χ4v) is 2.23. The molecular weight excluding hydrogens is 242 g/mol. The van der Waals surface area contributed by atoms with Gasteiger partial charge in [0.25, 0.3) is 0 Å². The van der Waals surface area contributed by atoms with E-state index in [1.807, 2.05) is 0 Å². The van der Waals surface area contributed by atoms with Gasteiger partial charge in [-0.1, -0.05) is 20.4 Å². The minimum atomic E-state index is -0.793. The van der Waals surface area contributed by atoms with Crippen LogP contribution >= 0.6 is 0 Å². The highest BCUT2D eigenvalue weighted by atomic mass is 16.7. The number of hydrogen-bond donors (Lipinski definition) is 0. The Kier molecular flexibility index (Phi) is 4.56. The van der Waals surface area contributed by atoms with Crippen molar-refractivity contribution in [2.75, 3.05) is 6.54 Å². The average Bonchev–Trinajstić information content (AvgIpc) is 2.33. The van der Waals surface area contributed by atoms with Gasteiger partial charge in [0.1, 0.15) is 5.92 Å². The molecule has 0 bridgehead atoms. The van der Waals surface area contributed by atoms with Gasteiger partial charge in [0.15, 0.2) is 5.78 Å². The van der Waals surface area contributed by atoms with Crippen LogP contribution in [-0.4, -0.2) is 28.9 Å². The molecule has 0 N–H and O–H groups in total. The Morgan fingerprint density at radius 1 is 1.32 bits per heavy atom. The summed E-state index contributed by atoms with van der Waals surface area (Å²) in [5.41, 5.74) is -0.199. The van der Waals surface area contributed by atoms with Crippen LogP contribution in [0.1, 0.15) is 47.5 Å². The van der Waals surface area contributed by atoms with E-state index in [0.717, 1.165) is 18.9 Å². The predicted molar refractivity (Wildman–Crippen MR) is 74.3 cm³/mol. The Morgan fingerprint density at radius 3 is 2.42 bits per heavy atom. The van der Waals surface area contributed by atoms with Crippen LogP contribution in [0.5, 0.6) is 0 Å². The van der Waals surface area contributed by atoms with E-state index in [-0.39, 0.29) is 16.7 Å². The molecule has 1 fully saturated rings. The molecule has 0 amide bonds. The van der Waals surface area contributed by atoms with Gasteiger partial charge in [-0.2, -0.15) is 0 Å². The first-order chi connectivity index (χ1) is 8.63. The summed E-state index contributed by atoms with van der Waals surface area (Å²) < 4.78 is 0. The van der Waals surface area contributed by atoms with Crippen LogP contribution in [0.2, 0.25) is 0 Å². The van der Waals surface area contributed by atoms with Gasteiger partial charge < -0.3 is 4.84 Å². The van der Waals surface area contributed by atoms with Crippen molar-refractivity contribution in [3.8, 4) is 0 Å². The lowest BCUT2D eigenvalue weighted by Gasteiger charge is -2.51. The predicted octanol–water partition coefficient (Wildman–Crippen LogP) is 2.74. The zero-order valence-corrected chi connectivity index (χ0v) is 12.7. The molecule has 1 saturated heterocycles. The molecule has 0 radical (unpaired) electrons. The topological polar surface area (TPSA) is 46.6 Å². The quantitative estimate of drug-likeness (QED) is 0.580. The lowest BCUT2D eigenvalue weighted by Crippen LogP contribution is -2.58. The first kappa shape index (κ1) is 15.9. The fraction of sp³-hybridized carbons (Fsp3) is 0.733. The molecule has 19 heavy (non-hydrogen) atoms. The van der Waals surface area contributed by atoms with Crippen LogP contribution in [0.3, 0.4) is 0 Å². The second-order valence-corrected chi connectivity index (χ2v) is 6.39. The number of carbonyl (C=O) groups is 2. The molecule has 0 aromatic rings. The Hall–Kier alpha value is -1.16. The second kappa shape index (κ2) is 5.45. The molecule has 0 aromatic heterocycles. The van der Waals surface area contributed by atoms with Crippen LogP contribution in [0, 0.1) is 11.3 Å². The minimum Gasteiger partial charge on any atom is -0.367 e. The smallest absolute Gasteiger partial charge is 0.335 e. The lowest BCUT2D eigenvalue weighted by atomic mass is 9.69. The highest BCUT2D eigenvalue weighted by molar-refractivity contribution is 6.04. The Bertz CT molecular complexity index is 385. The summed E-state index contributed by atoms with van der Waals surface area (Å²) in [4.78, 5) is 28.9. The molecule has 0 aliphatic carbocycles. The van der Waals surface area contributed by atoms with Gasteiger partial charge in [-0.05, 0) is 45.1 Å². The third-order valence-corrected chi connectivity index (χ3v) is 4.62. The van der Waals surface area contributed by atoms with Crippen LogP contribution in [-0.2, 0) is 14.4 Å². The van der Waals surface area contributed by atoms with Crippen molar-refractivity contribution >= 4 is 11.8 Å². The normalized spacial score (nSPS) is 23.4. The van der Waals surface area contributed by atoms with Gasteiger partial charge in [0, 0.05) is 6.54 Å². The maximum Gasteiger partial charge on any atom is 0.335 e. The van der Waals surface area contributed by atoms with Gasteiger partial charge in [-0.3, -0.25) is 4.79 Å². The maximum absolute atomic E-state index is 12.0. The van der Waals surface area contributed by atoms with E-state index in [1.54, 1.807) is 12.0 Å². The van der Waals surface area contributed by atoms with Gasteiger partial charge >= 0.3 is 5.97 Å². The Balaban J connectivity index is 2.79. The summed E-state index contributed by atoms with van der Waals surface area (Å²) >= 11 is 0. The third-order valence-electron chi connectivity index (χ3n) is 4.62. The molecule has 4 nitrogen and oxygen atoms in total. The number of nitrogens with zero attached hydrogens (tertiary/aromatic N) is 1. The largest absolute Gasteiger partial charge is 0.367 e. The molecule has 0 saturated carbocycles. The number of hydrogen-bond acceptors (Lipinski definition) is 4. The molecule has 0 aromatic carbocycles. The summed E-state index contributed by atoms with van der Waals surface area (Å²) in [6.07, 6.45) is 3.24. The van der Waals surface area contributed by atoms with Crippen molar-refractivity contribution in [1.82, 2.24) is 5.06 Å². The van der Waals surface area contributed by atoms with Crippen molar-refractivity contribution in [3.63, 3.8) is 0 Å². The van der Waals surface area contributed by atoms with Crippen LogP contribution < -0.4 is 0 Å². The summed E-state index contributed by atoms with van der Waals surface area (Å²) in [6.45, 7) is 14.1. The maximum atomic E-state index is 12.0. The monoisotopic (exact) mass is 267 g/mol. The molecule has 1 unspecified atom stereocenters. The van der Waals surface area contributed by atoms with E-state index in [4.69, 9.17) is 4.84 Å². The molecule has 0 spiro atoms. The van der Waals surface area contributed by atoms with Gasteiger partial charge in [-0.15, -0.1) is 5.06 Å². The first-order valence-electron chi connectivity index (χ1n) is 6.79. The molecule has 4 heteroatoms. The fourth-order valence-electron chi connectivity index (χ4n) is 2.23. The van der Waals surface area contributed by atoms with E-state index in [2.05, 4.69) is 34.3 Å². The van der Waals surface area contributed by atoms with E-state index in [0.29, 0.717) is 6.54 Å². The molecular formula is C15H25NO3. The number of allylic oxidation sites excluding steroid dienone is 1. The summed E-state index contributed by atoms with van der Waals surface area (Å²) in [5.74, 6) is -1.60. The molecule has 1 rings (SSSR count). The van der Waals surface area contributed by atoms with Gasteiger partial charge in [-0.25, -0.2) is 4.79 Å². The number of ketones is 1. The zero-order chi connectivity index (χ0) is 14.8. The van der Waals surface area contributed by atoms with Crippen molar-refractivity contribution in [2.24, 2.45) is 11.3 Å². The van der Waals surface area contributed by atoms with Crippen LogP contribution in [0.4, 0.5) is 0 Å². The molecule has 1 aliphatic heterocycles. The Labute approximate surface area is 115 Å². The highest BCUT2D eigenvalue weighted by Crippen LogP contribution is 2.43. The standard InChI is InChI=1S/C15H25NO3/c1-7-12(17)11(2)13(18)19-16-10-8-9-14(3,4)15(16,5)6/h7,11H,1,8-10H2,2-6H3. The van der Waals surface area contributed by atoms with Crippen LogP contribution in [0.15, 0.2) is 12.7 Å². The van der Waals surface area contributed by atoms with Crippen molar-refractivity contribution in [2.45, 2.75) is 53.0 Å². The highest BCUT2D eigenvalue weighted by Gasteiger charge is 2.46.